The van der Waals surface area contributed by atoms with E-state index in [1.54, 1.807) is 4.90 Å². The maximum absolute atomic E-state index is 5.61. The van der Waals surface area contributed by atoms with Gasteiger partial charge in [-0.15, -0.1) is 0 Å². The van der Waals surface area contributed by atoms with E-state index >= 15 is 0 Å². The van der Waals surface area contributed by atoms with Crippen LogP contribution in [0.4, 0.5) is 0 Å². The second-order valence-corrected chi connectivity index (χ2v) is 2.41. The van der Waals surface area contributed by atoms with Crippen LogP contribution in [-0.2, 0) is 0 Å². The van der Waals surface area contributed by atoms with Gasteiger partial charge in [0.05, 0.1) is 17.1 Å². The van der Waals surface area contributed by atoms with E-state index < -0.39 is 0 Å². The third kappa shape index (κ3) is 2.37. The van der Waals surface area contributed by atoms with Gasteiger partial charge in [-0.25, -0.2) is 0 Å². The predicted octanol–water partition coefficient (Wildman–Crippen LogP) is 0.377. The number of hydrogen-bond donors (Lipinski definition) is 2. The van der Waals surface area contributed by atoms with E-state index in [1.165, 1.54) is 6.08 Å². The number of hydrogen-bond acceptors (Lipinski definition) is 3. The van der Waals surface area contributed by atoms with Gasteiger partial charge in [-0.2, -0.15) is 0 Å². The SMILES string of the molecule is C=C/C(N)=C(/N)C(=C)N(C)C. The Morgan fingerprint density at radius 3 is 2.09 bits per heavy atom. The van der Waals surface area contributed by atoms with Crippen molar-refractivity contribution in [1.82, 2.24) is 4.90 Å². The van der Waals surface area contributed by atoms with Crippen molar-refractivity contribution in [3.8, 4) is 0 Å². The Morgan fingerprint density at radius 2 is 1.82 bits per heavy atom. The maximum Gasteiger partial charge on any atom is 0.0778 e. The molecule has 0 heterocycles. The van der Waals surface area contributed by atoms with Crippen LogP contribution in [0.5, 0.6) is 0 Å². The highest BCUT2D eigenvalue weighted by Gasteiger charge is 2.01. The second-order valence-electron chi connectivity index (χ2n) is 2.41. The summed E-state index contributed by atoms with van der Waals surface area (Å²) in [5.74, 6) is 0. The van der Waals surface area contributed by atoms with Crippen molar-refractivity contribution in [3.05, 3.63) is 36.3 Å². The van der Waals surface area contributed by atoms with Crippen LogP contribution in [0, 0.1) is 0 Å². The highest BCUT2D eigenvalue weighted by Crippen LogP contribution is 2.06. The molecule has 0 bridgehead atoms. The molecule has 0 aromatic carbocycles. The van der Waals surface area contributed by atoms with Crippen molar-refractivity contribution in [2.75, 3.05) is 14.1 Å². The Balaban J connectivity index is 4.60. The van der Waals surface area contributed by atoms with Crippen molar-refractivity contribution in [1.29, 1.82) is 0 Å². The van der Waals surface area contributed by atoms with Gasteiger partial charge in [-0.3, -0.25) is 0 Å². The lowest BCUT2D eigenvalue weighted by Crippen LogP contribution is -2.19. The fourth-order valence-corrected chi connectivity index (χ4v) is 0.517. The van der Waals surface area contributed by atoms with Gasteiger partial charge in [0.2, 0.25) is 0 Å². The lowest BCUT2D eigenvalue weighted by molar-refractivity contribution is 0.521. The average molecular weight is 153 g/mol. The van der Waals surface area contributed by atoms with Gasteiger partial charge in [-0.1, -0.05) is 13.2 Å². The van der Waals surface area contributed by atoms with Gasteiger partial charge < -0.3 is 16.4 Å². The Kier molecular flexibility index (Phi) is 3.24. The monoisotopic (exact) mass is 153 g/mol. The first kappa shape index (κ1) is 9.62. The average Bonchev–Trinajstić information content (AvgIpc) is 2.00. The number of nitrogens with zero attached hydrogens (tertiary/aromatic N) is 1. The molecule has 0 fully saturated rings. The molecule has 0 aliphatic rings. The van der Waals surface area contributed by atoms with Gasteiger partial charge in [0.15, 0.2) is 0 Å². The van der Waals surface area contributed by atoms with Crippen LogP contribution in [0.2, 0.25) is 0 Å². The van der Waals surface area contributed by atoms with E-state index in [-0.39, 0.29) is 0 Å². The van der Waals surface area contributed by atoms with Crippen molar-refractivity contribution in [2.24, 2.45) is 11.5 Å². The Labute approximate surface area is 67.7 Å². The Hall–Kier alpha value is -1.38. The van der Waals surface area contributed by atoms with Gasteiger partial charge in [0.25, 0.3) is 0 Å². The number of likely N-dealkylation sites (N-methyl/N-ethyl adjacent to an activating group) is 1. The van der Waals surface area contributed by atoms with Gasteiger partial charge in [-0.05, 0) is 6.08 Å². The summed E-state index contributed by atoms with van der Waals surface area (Å²) in [7, 11) is 3.71. The summed E-state index contributed by atoms with van der Waals surface area (Å²) in [5, 5.41) is 0. The van der Waals surface area contributed by atoms with Crippen LogP contribution in [0.3, 0.4) is 0 Å². The van der Waals surface area contributed by atoms with E-state index in [9.17, 15) is 0 Å². The molecular weight excluding hydrogens is 138 g/mol. The molecular formula is C8H15N3. The highest BCUT2D eigenvalue weighted by molar-refractivity contribution is 5.32. The number of allylic oxidation sites excluding steroid dienone is 1. The summed E-state index contributed by atoms with van der Waals surface area (Å²) in [6.45, 7) is 7.24. The maximum atomic E-state index is 5.61. The van der Waals surface area contributed by atoms with Crippen molar-refractivity contribution in [3.63, 3.8) is 0 Å². The molecule has 0 aliphatic carbocycles. The molecule has 3 nitrogen and oxygen atoms in total. The van der Waals surface area contributed by atoms with Crippen LogP contribution >= 0.6 is 0 Å². The van der Waals surface area contributed by atoms with Crippen LogP contribution in [0.15, 0.2) is 36.3 Å². The van der Waals surface area contributed by atoms with Crippen LogP contribution in [0.25, 0.3) is 0 Å². The minimum Gasteiger partial charge on any atom is -0.397 e. The van der Waals surface area contributed by atoms with Crippen LogP contribution in [0.1, 0.15) is 0 Å². The number of rotatable bonds is 3. The van der Waals surface area contributed by atoms with Crippen LogP contribution < -0.4 is 11.5 Å². The zero-order chi connectivity index (χ0) is 9.02. The van der Waals surface area contributed by atoms with Gasteiger partial charge in [0, 0.05) is 14.1 Å². The molecule has 0 saturated heterocycles. The minimum absolute atomic E-state index is 0.462. The summed E-state index contributed by atoms with van der Waals surface area (Å²) in [6, 6.07) is 0. The molecule has 0 spiro atoms. The first-order valence-electron chi connectivity index (χ1n) is 3.25. The molecule has 0 saturated carbocycles. The highest BCUT2D eigenvalue weighted by atomic mass is 15.1. The zero-order valence-corrected chi connectivity index (χ0v) is 7.09. The van der Waals surface area contributed by atoms with E-state index in [4.69, 9.17) is 11.5 Å². The van der Waals surface area contributed by atoms with Gasteiger partial charge in [0.1, 0.15) is 0 Å². The van der Waals surface area contributed by atoms with Crippen molar-refractivity contribution >= 4 is 0 Å². The topological polar surface area (TPSA) is 55.3 Å². The standard InChI is InChI=1S/C8H15N3/c1-5-7(9)8(10)6(2)11(3)4/h5H,1-2,9-10H2,3-4H3/b8-7-. The summed E-state index contributed by atoms with van der Waals surface area (Å²) < 4.78 is 0. The normalized spacial score (nSPS) is 11.8. The fourth-order valence-electron chi connectivity index (χ4n) is 0.517. The lowest BCUT2D eigenvalue weighted by atomic mass is 10.2. The molecule has 3 heteroatoms. The fraction of sp³-hybridized carbons (Fsp3) is 0.250. The number of nitrogens with two attached hydrogens (primary N) is 2. The molecule has 0 rings (SSSR count). The summed E-state index contributed by atoms with van der Waals surface area (Å²) >= 11 is 0. The van der Waals surface area contributed by atoms with E-state index in [2.05, 4.69) is 13.2 Å². The minimum atomic E-state index is 0.462. The molecule has 0 aliphatic heterocycles. The molecule has 11 heavy (non-hydrogen) atoms. The lowest BCUT2D eigenvalue weighted by Gasteiger charge is -2.16. The van der Waals surface area contributed by atoms with E-state index in [1.807, 2.05) is 14.1 Å². The first-order chi connectivity index (χ1) is 5.00. The smallest absolute Gasteiger partial charge is 0.0778 e. The largest absolute Gasteiger partial charge is 0.397 e. The Bertz CT molecular complexity index is 201. The van der Waals surface area contributed by atoms with Crippen molar-refractivity contribution < 1.29 is 0 Å². The molecule has 0 atom stereocenters. The molecule has 0 radical (unpaired) electrons. The van der Waals surface area contributed by atoms with E-state index in [0.29, 0.717) is 17.1 Å². The molecule has 4 N–H and O–H groups in total. The zero-order valence-electron chi connectivity index (χ0n) is 7.09. The molecule has 62 valence electrons. The summed E-state index contributed by atoms with van der Waals surface area (Å²) in [6.07, 6.45) is 1.50. The summed E-state index contributed by atoms with van der Waals surface area (Å²) in [4.78, 5) is 1.80. The molecule has 0 unspecified atom stereocenters. The second kappa shape index (κ2) is 3.71. The predicted molar refractivity (Wildman–Crippen MR) is 48.4 cm³/mol. The van der Waals surface area contributed by atoms with Crippen LogP contribution in [-0.4, -0.2) is 19.0 Å². The summed E-state index contributed by atoms with van der Waals surface area (Å²) in [5.41, 5.74) is 12.8. The quantitative estimate of drug-likeness (QED) is 0.576. The first-order valence-corrected chi connectivity index (χ1v) is 3.25. The third-order valence-corrected chi connectivity index (χ3v) is 1.38. The molecule has 0 aromatic rings. The third-order valence-electron chi connectivity index (χ3n) is 1.38. The molecule has 0 aromatic heterocycles. The van der Waals surface area contributed by atoms with Crippen molar-refractivity contribution in [2.45, 2.75) is 0 Å². The Morgan fingerprint density at radius 1 is 1.36 bits per heavy atom. The van der Waals surface area contributed by atoms with Gasteiger partial charge >= 0.3 is 0 Å². The van der Waals surface area contributed by atoms with E-state index in [0.717, 1.165) is 0 Å². The molecule has 0 amide bonds.